The van der Waals surface area contributed by atoms with Gasteiger partial charge in [0.25, 0.3) is 5.91 Å². The van der Waals surface area contributed by atoms with Gasteiger partial charge in [-0.3, -0.25) is 14.6 Å². The lowest BCUT2D eigenvalue weighted by atomic mass is 10.1. The highest BCUT2D eigenvalue weighted by Crippen LogP contribution is 2.27. The van der Waals surface area contributed by atoms with Gasteiger partial charge in [0, 0.05) is 30.5 Å². The number of aromatic amines is 1. The van der Waals surface area contributed by atoms with E-state index in [-0.39, 0.29) is 11.9 Å². The van der Waals surface area contributed by atoms with Gasteiger partial charge in [-0.15, -0.1) is 0 Å². The van der Waals surface area contributed by atoms with Crippen LogP contribution in [0.3, 0.4) is 0 Å². The molecule has 1 amide bonds. The van der Waals surface area contributed by atoms with Crippen molar-refractivity contribution in [3.63, 3.8) is 0 Å². The van der Waals surface area contributed by atoms with Gasteiger partial charge < -0.3 is 10.1 Å². The third-order valence-corrected chi connectivity index (χ3v) is 5.20. The monoisotopic (exact) mass is 438 g/mol. The first-order valence-corrected chi connectivity index (χ1v) is 10.2. The summed E-state index contributed by atoms with van der Waals surface area (Å²) in [6.07, 6.45) is 2.31. The van der Waals surface area contributed by atoms with Gasteiger partial charge >= 0.3 is 0 Å². The van der Waals surface area contributed by atoms with Gasteiger partial charge in [-0.05, 0) is 43.7 Å². The molecule has 0 spiro atoms. The fourth-order valence-corrected chi connectivity index (χ4v) is 3.70. The lowest BCUT2D eigenvalue weighted by molar-refractivity contribution is 0.0940. The molecule has 0 saturated heterocycles. The molecule has 8 nitrogen and oxygen atoms in total. The van der Waals surface area contributed by atoms with Gasteiger partial charge in [-0.1, -0.05) is 17.7 Å². The van der Waals surface area contributed by atoms with Crippen molar-refractivity contribution in [1.82, 2.24) is 30.3 Å². The number of halogens is 1. The van der Waals surface area contributed by atoms with Crippen LogP contribution >= 0.6 is 11.6 Å². The van der Waals surface area contributed by atoms with Gasteiger partial charge in [-0.25, -0.2) is 4.98 Å². The number of carbonyl (C=O) groups excluding carboxylic acids is 1. The van der Waals surface area contributed by atoms with Crippen molar-refractivity contribution in [2.45, 2.75) is 26.3 Å². The Bertz CT molecular complexity index is 1260. The summed E-state index contributed by atoms with van der Waals surface area (Å²) in [6, 6.07) is 9.31. The minimum Gasteiger partial charge on any atom is -0.496 e. The largest absolute Gasteiger partial charge is 0.496 e. The molecule has 2 aromatic heterocycles. The fourth-order valence-electron chi connectivity index (χ4n) is 3.41. The lowest BCUT2D eigenvalue weighted by Gasteiger charge is -2.12. The Kier molecular flexibility index (Phi) is 5.65. The van der Waals surface area contributed by atoms with Crippen molar-refractivity contribution in [3.05, 3.63) is 58.5 Å². The van der Waals surface area contributed by atoms with Crippen molar-refractivity contribution < 1.29 is 9.53 Å². The van der Waals surface area contributed by atoms with Crippen LogP contribution in [-0.4, -0.2) is 44.0 Å². The predicted octanol–water partition coefficient (Wildman–Crippen LogP) is 3.75. The van der Waals surface area contributed by atoms with Gasteiger partial charge in [0.1, 0.15) is 11.6 Å². The lowest BCUT2D eigenvalue weighted by Crippen LogP contribution is -2.30. The number of hydrogen-bond donors (Lipinski definition) is 2. The van der Waals surface area contributed by atoms with Crippen molar-refractivity contribution in [3.8, 4) is 17.1 Å². The Labute approximate surface area is 184 Å². The molecule has 2 heterocycles. The molecule has 0 unspecified atom stereocenters. The molecule has 9 heteroatoms. The molecule has 0 fully saturated rings. The Morgan fingerprint density at radius 2 is 2.10 bits per heavy atom. The van der Waals surface area contributed by atoms with Crippen LogP contribution in [0.2, 0.25) is 5.02 Å². The second-order valence-electron chi connectivity index (χ2n) is 7.61. The van der Waals surface area contributed by atoms with Gasteiger partial charge in [0.15, 0.2) is 5.82 Å². The van der Waals surface area contributed by atoms with Crippen molar-refractivity contribution >= 4 is 28.4 Å². The summed E-state index contributed by atoms with van der Waals surface area (Å²) in [5.41, 5.74) is 3.07. The van der Waals surface area contributed by atoms with E-state index >= 15 is 0 Å². The molecular formula is C22H23ClN6O2. The second kappa shape index (κ2) is 8.39. The van der Waals surface area contributed by atoms with Crippen LogP contribution in [-0.2, 0) is 13.5 Å². The van der Waals surface area contributed by atoms with E-state index in [1.165, 1.54) is 7.11 Å². The smallest absolute Gasteiger partial charge is 0.255 e. The Morgan fingerprint density at radius 3 is 2.84 bits per heavy atom. The van der Waals surface area contributed by atoms with E-state index in [1.807, 2.05) is 39.1 Å². The van der Waals surface area contributed by atoms with Crippen LogP contribution in [0, 0.1) is 0 Å². The zero-order chi connectivity index (χ0) is 22.1. The third kappa shape index (κ3) is 4.25. The van der Waals surface area contributed by atoms with Crippen LogP contribution in [0.25, 0.3) is 22.3 Å². The van der Waals surface area contributed by atoms with Crippen LogP contribution < -0.4 is 10.1 Å². The summed E-state index contributed by atoms with van der Waals surface area (Å²) in [5, 5.41) is 15.9. The average Bonchev–Trinajstić information content (AvgIpc) is 3.34. The SMILES string of the molecule is COc1cc(-c2nc(Cc3cc(Cl)c4[nH]ncc4c3)n(C)n2)ccc1C(=O)NC(C)C. The van der Waals surface area contributed by atoms with E-state index in [0.717, 1.165) is 27.9 Å². The Balaban J connectivity index is 1.62. The zero-order valence-corrected chi connectivity index (χ0v) is 18.5. The molecule has 0 aliphatic carbocycles. The minimum absolute atomic E-state index is 0.0340. The molecule has 0 aliphatic rings. The Hall–Kier alpha value is -3.39. The van der Waals surface area contributed by atoms with E-state index in [0.29, 0.717) is 28.6 Å². The maximum atomic E-state index is 12.4. The molecule has 4 rings (SSSR count). The third-order valence-electron chi connectivity index (χ3n) is 4.90. The number of rotatable bonds is 6. The van der Waals surface area contributed by atoms with Crippen molar-refractivity contribution in [2.24, 2.45) is 7.05 Å². The number of methoxy groups -OCH3 is 1. The zero-order valence-electron chi connectivity index (χ0n) is 17.7. The fraction of sp³-hybridized carbons (Fsp3) is 0.273. The van der Waals surface area contributed by atoms with Crippen molar-refractivity contribution in [2.75, 3.05) is 7.11 Å². The normalized spacial score (nSPS) is 11.3. The highest BCUT2D eigenvalue weighted by molar-refractivity contribution is 6.35. The number of ether oxygens (including phenoxy) is 1. The number of amides is 1. The van der Waals surface area contributed by atoms with Gasteiger partial charge in [-0.2, -0.15) is 10.2 Å². The molecule has 31 heavy (non-hydrogen) atoms. The summed E-state index contributed by atoms with van der Waals surface area (Å²) in [6.45, 7) is 3.82. The number of nitrogens with zero attached hydrogens (tertiary/aromatic N) is 4. The number of nitrogens with one attached hydrogen (secondary N) is 2. The quantitative estimate of drug-likeness (QED) is 0.477. The number of benzene rings is 2. The standard InChI is InChI=1S/C22H23ClN6O2/c1-12(2)25-22(30)16-6-5-14(10-18(16)31-4)21-26-19(29(3)28-21)9-13-7-15-11-24-27-20(15)17(23)8-13/h5-8,10-12H,9H2,1-4H3,(H,24,27)(H,25,30). The molecule has 0 aliphatic heterocycles. The number of carbonyl (C=O) groups is 1. The number of fused-ring (bicyclic) bond motifs is 1. The number of H-pyrrole nitrogens is 1. The molecule has 0 radical (unpaired) electrons. The summed E-state index contributed by atoms with van der Waals surface area (Å²) < 4.78 is 7.19. The maximum Gasteiger partial charge on any atom is 0.255 e. The Morgan fingerprint density at radius 1 is 1.29 bits per heavy atom. The first kappa shape index (κ1) is 20.9. The summed E-state index contributed by atoms with van der Waals surface area (Å²) in [5.74, 6) is 1.64. The minimum atomic E-state index is -0.181. The van der Waals surface area contributed by atoms with E-state index < -0.39 is 0 Å². The van der Waals surface area contributed by atoms with Crippen LogP contribution in [0.5, 0.6) is 5.75 Å². The van der Waals surface area contributed by atoms with Crippen LogP contribution in [0.1, 0.15) is 35.6 Å². The molecule has 2 aromatic carbocycles. The number of aromatic nitrogens is 5. The highest BCUT2D eigenvalue weighted by atomic mass is 35.5. The number of hydrogen-bond acceptors (Lipinski definition) is 5. The molecule has 0 saturated carbocycles. The molecule has 160 valence electrons. The van der Waals surface area contributed by atoms with E-state index in [9.17, 15) is 4.79 Å². The molecule has 4 aromatic rings. The molecule has 0 atom stereocenters. The van der Waals surface area contributed by atoms with E-state index in [2.05, 4.69) is 20.6 Å². The molecular weight excluding hydrogens is 416 g/mol. The maximum absolute atomic E-state index is 12.4. The van der Waals surface area contributed by atoms with Crippen LogP contribution in [0.4, 0.5) is 0 Å². The highest BCUT2D eigenvalue weighted by Gasteiger charge is 2.17. The van der Waals surface area contributed by atoms with Gasteiger partial charge in [0.2, 0.25) is 0 Å². The first-order valence-electron chi connectivity index (χ1n) is 9.86. The predicted molar refractivity (Wildman–Crippen MR) is 120 cm³/mol. The molecule has 0 bridgehead atoms. The summed E-state index contributed by atoms with van der Waals surface area (Å²) >= 11 is 6.36. The van der Waals surface area contributed by atoms with Crippen LogP contribution in [0.15, 0.2) is 36.5 Å². The summed E-state index contributed by atoms with van der Waals surface area (Å²) in [7, 11) is 3.39. The van der Waals surface area contributed by atoms with E-state index in [4.69, 9.17) is 21.3 Å². The topological polar surface area (TPSA) is 97.7 Å². The first-order chi connectivity index (χ1) is 14.9. The van der Waals surface area contributed by atoms with Crippen molar-refractivity contribution in [1.29, 1.82) is 0 Å². The van der Waals surface area contributed by atoms with Gasteiger partial charge in [0.05, 0.1) is 29.4 Å². The summed E-state index contributed by atoms with van der Waals surface area (Å²) in [4.78, 5) is 17.1. The average molecular weight is 439 g/mol. The second-order valence-corrected chi connectivity index (χ2v) is 8.01. The number of aryl methyl sites for hydroxylation is 1. The molecule has 2 N–H and O–H groups in total. The van der Waals surface area contributed by atoms with E-state index in [1.54, 1.807) is 23.0 Å².